The van der Waals surface area contributed by atoms with Gasteiger partial charge in [0.2, 0.25) is 0 Å². The van der Waals surface area contributed by atoms with Crippen molar-refractivity contribution in [3.63, 3.8) is 0 Å². The second-order valence-corrected chi connectivity index (χ2v) is 8.72. The zero-order chi connectivity index (χ0) is 14.6. The Labute approximate surface area is 132 Å². The van der Waals surface area contributed by atoms with Crippen LogP contribution < -0.4 is 5.73 Å². The molecule has 4 fully saturated rings. The van der Waals surface area contributed by atoms with Gasteiger partial charge in [-0.05, 0) is 73.2 Å². The van der Waals surface area contributed by atoms with Crippen molar-refractivity contribution in [1.82, 2.24) is 0 Å². The maximum absolute atomic E-state index is 10.6. The summed E-state index contributed by atoms with van der Waals surface area (Å²) >= 11 is 0. The Balaban J connectivity index is 0.00000161. The van der Waals surface area contributed by atoms with Crippen LogP contribution in [0.15, 0.2) is 0 Å². The molecule has 2 atom stereocenters. The zero-order valence-corrected chi connectivity index (χ0v) is 13.8. The van der Waals surface area contributed by atoms with E-state index in [1.54, 1.807) is 0 Å². The monoisotopic (exact) mass is 318 g/mol. The fraction of sp³-hybridized carbons (Fsp3) is 1.00. The van der Waals surface area contributed by atoms with Gasteiger partial charge in [-0.3, -0.25) is 0 Å². The molecular formula is C15H27ClN2O3. The molecule has 0 aromatic rings. The minimum Gasteiger partial charge on any atom is -0.330 e. The lowest BCUT2D eigenvalue weighted by Gasteiger charge is -2.69. The van der Waals surface area contributed by atoms with Gasteiger partial charge in [0, 0.05) is 0 Å². The van der Waals surface area contributed by atoms with Crippen LogP contribution in [0, 0.1) is 31.8 Å². The van der Waals surface area contributed by atoms with E-state index in [-0.39, 0.29) is 24.4 Å². The third kappa shape index (κ3) is 2.87. The number of halogens is 1. The van der Waals surface area contributed by atoms with Crippen LogP contribution in [-0.4, -0.2) is 18.2 Å². The summed E-state index contributed by atoms with van der Waals surface area (Å²) in [5.74, 6) is 0. The second-order valence-electron chi connectivity index (χ2n) is 8.72. The van der Waals surface area contributed by atoms with Crippen LogP contribution in [0.2, 0.25) is 0 Å². The fourth-order valence-electron chi connectivity index (χ4n) is 7.11. The smallest absolute Gasteiger partial charge is 0.294 e. The number of nitrogens with zero attached hydrogens (tertiary/aromatic N) is 1. The van der Waals surface area contributed by atoms with Crippen molar-refractivity contribution < 1.29 is 9.92 Å². The number of rotatable bonds is 5. The van der Waals surface area contributed by atoms with E-state index in [2.05, 4.69) is 13.8 Å². The van der Waals surface area contributed by atoms with Gasteiger partial charge in [0.25, 0.3) is 5.09 Å². The molecule has 4 aliphatic carbocycles. The van der Waals surface area contributed by atoms with Gasteiger partial charge in [0.1, 0.15) is 6.61 Å². The summed E-state index contributed by atoms with van der Waals surface area (Å²) in [4.78, 5) is 15.5. The van der Waals surface area contributed by atoms with E-state index in [0.717, 1.165) is 32.2 Å². The minimum atomic E-state index is -0.626. The van der Waals surface area contributed by atoms with Crippen LogP contribution in [0.4, 0.5) is 0 Å². The Kier molecular flexibility index (Phi) is 3.99. The first-order chi connectivity index (χ1) is 9.22. The van der Waals surface area contributed by atoms with Crippen LogP contribution in [0.1, 0.15) is 58.8 Å². The average Bonchev–Trinajstić information content (AvgIpc) is 2.21. The summed E-state index contributed by atoms with van der Waals surface area (Å²) in [6.07, 6.45) is 8.02. The first kappa shape index (κ1) is 16.8. The summed E-state index contributed by atoms with van der Waals surface area (Å²) in [6.45, 7) is 5.74. The molecule has 122 valence electrons. The van der Waals surface area contributed by atoms with E-state index in [9.17, 15) is 10.1 Å². The lowest BCUT2D eigenvalue weighted by molar-refractivity contribution is -0.761. The summed E-state index contributed by atoms with van der Waals surface area (Å²) < 4.78 is 0. The molecule has 2 unspecified atom stereocenters. The van der Waals surface area contributed by atoms with Crippen molar-refractivity contribution in [1.29, 1.82) is 0 Å². The van der Waals surface area contributed by atoms with E-state index in [4.69, 9.17) is 10.6 Å². The Morgan fingerprint density at radius 1 is 1.05 bits per heavy atom. The van der Waals surface area contributed by atoms with Crippen molar-refractivity contribution in [3.8, 4) is 0 Å². The summed E-state index contributed by atoms with van der Waals surface area (Å²) in [5, 5.41) is 9.99. The van der Waals surface area contributed by atoms with Crippen molar-refractivity contribution in [3.05, 3.63) is 10.1 Å². The second kappa shape index (κ2) is 4.98. The van der Waals surface area contributed by atoms with Crippen LogP contribution in [0.5, 0.6) is 0 Å². The third-order valence-electron chi connectivity index (χ3n) is 5.96. The molecule has 4 aliphatic rings. The highest BCUT2D eigenvalue weighted by atomic mass is 35.5. The topological polar surface area (TPSA) is 78.4 Å². The maximum Gasteiger partial charge on any atom is 0.294 e. The average molecular weight is 319 g/mol. The quantitative estimate of drug-likeness (QED) is 0.623. The highest BCUT2D eigenvalue weighted by Gasteiger charge is 2.65. The van der Waals surface area contributed by atoms with Crippen LogP contribution in [-0.2, 0) is 4.84 Å². The predicted octanol–water partition coefficient (Wildman–Crippen LogP) is 3.33. The molecule has 0 saturated heterocycles. The molecular weight excluding hydrogens is 292 g/mol. The van der Waals surface area contributed by atoms with Gasteiger partial charge in [0.05, 0.1) is 0 Å². The molecule has 0 aromatic heterocycles. The van der Waals surface area contributed by atoms with Gasteiger partial charge in [-0.1, -0.05) is 13.8 Å². The molecule has 4 saturated carbocycles. The normalized spacial score (nSPS) is 47.0. The van der Waals surface area contributed by atoms with Crippen LogP contribution >= 0.6 is 12.4 Å². The lowest BCUT2D eigenvalue weighted by atomic mass is 9.36. The molecule has 0 aliphatic heterocycles. The summed E-state index contributed by atoms with van der Waals surface area (Å²) in [6, 6.07) is 0. The predicted molar refractivity (Wildman–Crippen MR) is 82.6 cm³/mol. The van der Waals surface area contributed by atoms with Crippen molar-refractivity contribution in [2.45, 2.75) is 58.8 Å². The molecule has 4 rings (SSSR count). The van der Waals surface area contributed by atoms with E-state index in [1.165, 1.54) is 19.3 Å². The number of nitrogens with two attached hydrogens (primary N) is 1. The van der Waals surface area contributed by atoms with Gasteiger partial charge in [-0.25, -0.2) is 0 Å². The van der Waals surface area contributed by atoms with Crippen molar-refractivity contribution in [2.75, 3.05) is 13.2 Å². The Morgan fingerprint density at radius 2 is 1.57 bits per heavy atom. The van der Waals surface area contributed by atoms with Crippen LogP contribution in [0.3, 0.4) is 0 Å². The Morgan fingerprint density at radius 3 is 2.05 bits per heavy atom. The van der Waals surface area contributed by atoms with Crippen molar-refractivity contribution >= 4 is 12.4 Å². The maximum atomic E-state index is 10.6. The lowest BCUT2D eigenvalue weighted by Crippen LogP contribution is -2.61. The third-order valence-corrected chi connectivity index (χ3v) is 5.96. The summed E-state index contributed by atoms with van der Waals surface area (Å²) in [5.41, 5.74) is 6.80. The van der Waals surface area contributed by atoms with E-state index in [0.29, 0.717) is 16.2 Å². The van der Waals surface area contributed by atoms with Gasteiger partial charge < -0.3 is 10.6 Å². The first-order valence-corrected chi connectivity index (χ1v) is 7.69. The summed E-state index contributed by atoms with van der Waals surface area (Å²) in [7, 11) is 0. The number of hydrogen-bond acceptors (Lipinski definition) is 4. The highest BCUT2D eigenvalue weighted by molar-refractivity contribution is 5.85. The standard InChI is InChI=1S/C15H26N2O3.ClH/c1-12-5-13(2)7-14(6-12,3-4-16)10-15(8-12,9-13)11-20-17(18)19;/h3-11,16H2,1-2H3;1H. The van der Waals surface area contributed by atoms with Gasteiger partial charge in [0.15, 0.2) is 0 Å². The molecule has 4 bridgehead atoms. The molecule has 5 nitrogen and oxygen atoms in total. The molecule has 0 aromatic carbocycles. The zero-order valence-electron chi connectivity index (χ0n) is 13.0. The van der Waals surface area contributed by atoms with Crippen LogP contribution in [0.25, 0.3) is 0 Å². The molecule has 21 heavy (non-hydrogen) atoms. The molecule has 0 amide bonds. The molecule has 0 heterocycles. The molecule has 6 heteroatoms. The van der Waals surface area contributed by atoms with E-state index >= 15 is 0 Å². The molecule has 2 N–H and O–H groups in total. The van der Waals surface area contributed by atoms with Gasteiger partial charge in [-0.15, -0.1) is 22.5 Å². The Bertz CT molecular complexity index is 425. The van der Waals surface area contributed by atoms with Crippen molar-refractivity contribution in [2.24, 2.45) is 27.4 Å². The minimum absolute atomic E-state index is 0. The molecule has 0 spiro atoms. The first-order valence-electron chi connectivity index (χ1n) is 7.69. The van der Waals surface area contributed by atoms with Gasteiger partial charge >= 0.3 is 0 Å². The van der Waals surface area contributed by atoms with E-state index < -0.39 is 5.09 Å². The Hall–Kier alpha value is -0.550. The largest absolute Gasteiger partial charge is 0.330 e. The van der Waals surface area contributed by atoms with Gasteiger partial charge in [-0.2, -0.15) is 0 Å². The van der Waals surface area contributed by atoms with E-state index in [1.807, 2.05) is 0 Å². The fourth-order valence-corrected chi connectivity index (χ4v) is 7.11. The molecule has 0 radical (unpaired) electrons. The highest BCUT2D eigenvalue weighted by Crippen LogP contribution is 2.74. The number of hydrogen-bond donors (Lipinski definition) is 1. The SMILES string of the molecule is CC12CC3(C)CC(CCN)(C1)CC(CO[N+](=O)[O-])(C2)C3.Cl.